The predicted octanol–water partition coefficient (Wildman–Crippen LogP) is 3.56. The van der Waals surface area contributed by atoms with Gasteiger partial charge in [0.25, 0.3) is 0 Å². The highest BCUT2D eigenvalue weighted by Crippen LogP contribution is 2.26. The number of amides is 1. The van der Waals surface area contributed by atoms with Crippen LogP contribution in [-0.4, -0.2) is 43.4 Å². The van der Waals surface area contributed by atoms with E-state index in [1.165, 1.54) is 17.0 Å². The normalized spacial score (nSPS) is 15.5. The molecule has 8 heteroatoms. The second kappa shape index (κ2) is 10.7. The van der Waals surface area contributed by atoms with Gasteiger partial charge in [0, 0.05) is 24.2 Å². The van der Waals surface area contributed by atoms with E-state index in [-0.39, 0.29) is 24.4 Å². The number of ketones is 1. The molecule has 1 fully saturated rings. The third-order valence-electron chi connectivity index (χ3n) is 5.12. The van der Waals surface area contributed by atoms with Gasteiger partial charge in [0.05, 0.1) is 18.1 Å². The number of carbonyl (C=O) groups is 4. The Morgan fingerprint density at radius 2 is 1.66 bits per heavy atom. The topological polar surface area (TPSA) is 90.0 Å². The maximum atomic E-state index is 13.0. The molecule has 1 saturated heterocycles. The molecule has 1 atom stereocenters. The van der Waals surface area contributed by atoms with Gasteiger partial charge in [-0.15, -0.1) is 0 Å². The summed E-state index contributed by atoms with van der Waals surface area (Å²) in [5.41, 5.74) is 1.17. The second-order valence-corrected chi connectivity index (χ2v) is 7.48. The molecule has 32 heavy (non-hydrogen) atoms. The molecule has 0 saturated carbocycles. The lowest BCUT2D eigenvalue weighted by Crippen LogP contribution is -2.27. The minimum absolute atomic E-state index is 0.0373. The number of hydrogen-bond acceptors (Lipinski definition) is 6. The monoisotopic (exact) mass is 441 g/mol. The second-order valence-electron chi connectivity index (χ2n) is 7.48. The van der Waals surface area contributed by atoms with Crippen molar-refractivity contribution in [3.05, 3.63) is 65.5 Å². The van der Waals surface area contributed by atoms with Crippen LogP contribution in [0.25, 0.3) is 0 Å². The van der Waals surface area contributed by atoms with Crippen LogP contribution in [0.3, 0.4) is 0 Å². The predicted molar refractivity (Wildman–Crippen MR) is 114 cm³/mol. The van der Waals surface area contributed by atoms with Crippen molar-refractivity contribution in [2.24, 2.45) is 5.92 Å². The van der Waals surface area contributed by atoms with E-state index < -0.39 is 36.1 Å². The highest BCUT2D eigenvalue weighted by Gasteiger charge is 2.36. The van der Waals surface area contributed by atoms with Crippen molar-refractivity contribution in [1.82, 2.24) is 0 Å². The zero-order valence-corrected chi connectivity index (χ0v) is 17.7. The van der Waals surface area contributed by atoms with E-state index in [1.807, 2.05) is 6.92 Å². The fourth-order valence-electron chi connectivity index (χ4n) is 3.26. The van der Waals surface area contributed by atoms with E-state index in [1.54, 1.807) is 24.3 Å². The summed E-state index contributed by atoms with van der Waals surface area (Å²) in [5, 5.41) is 0. The Kier molecular flexibility index (Phi) is 7.70. The van der Waals surface area contributed by atoms with Crippen LogP contribution in [0.5, 0.6) is 0 Å². The zero-order chi connectivity index (χ0) is 23.1. The van der Waals surface area contributed by atoms with E-state index in [9.17, 15) is 23.6 Å². The SMILES string of the molecule is CCCCOC(=O)c1ccc(N2C[C@H](C(=O)OCC(=O)c3ccc(F)cc3)CC2=O)cc1. The fourth-order valence-corrected chi connectivity index (χ4v) is 3.26. The van der Waals surface area contributed by atoms with Crippen molar-refractivity contribution in [2.45, 2.75) is 26.2 Å². The van der Waals surface area contributed by atoms with Crippen molar-refractivity contribution >= 4 is 29.3 Å². The number of unbranched alkanes of at least 4 members (excludes halogenated alkanes) is 1. The molecule has 0 aliphatic carbocycles. The molecule has 7 nitrogen and oxygen atoms in total. The molecule has 0 radical (unpaired) electrons. The standard InChI is InChI=1S/C24H24FNO6/c1-2-3-12-31-23(29)17-6-10-20(11-7-17)26-14-18(13-22(26)28)24(30)32-15-21(27)16-4-8-19(25)9-5-16/h4-11,18H,2-3,12-15H2,1H3/t18-/m1/s1. The van der Waals surface area contributed by atoms with Gasteiger partial charge in [-0.2, -0.15) is 0 Å². The number of halogens is 1. The molecule has 1 aliphatic rings. The molecule has 168 valence electrons. The molecule has 0 N–H and O–H groups in total. The molecule has 0 bridgehead atoms. The molecule has 0 unspecified atom stereocenters. The van der Waals surface area contributed by atoms with Gasteiger partial charge in [-0.25, -0.2) is 9.18 Å². The number of hydrogen-bond donors (Lipinski definition) is 0. The molecule has 1 aliphatic heterocycles. The van der Waals surface area contributed by atoms with Crippen LogP contribution in [0.15, 0.2) is 48.5 Å². The third-order valence-corrected chi connectivity index (χ3v) is 5.12. The van der Waals surface area contributed by atoms with Crippen LogP contribution < -0.4 is 4.90 Å². The van der Waals surface area contributed by atoms with Gasteiger partial charge < -0.3 is 14.4 Å². The summed E-state index contributed by atoms with van der Waals surface area (Å²) in [5.74, 6) is -2.96. The first-order chi connectivity index (χ1) is 15.4. The summed E-state index contributed by atoms with van der Waals surface area (Å²) < 4.78 is 23.2. The largest absolute Gasteiger partial charge is 0.462 e. The van der Waals surface area contributed by atoms with Gasteiger partial charge in [0.15, 0.2) is 12.4 Å². The minimum atomic E-state index is -0.706. The highest BCUT2D eigenvalue weighted by atomic mass is 19.1. The maximum Gasteiger partial charge on any atom is 0.338 e. The molecule has 0 aromatic heterocycles. The Morgan fingerprint density at radius 1 is 1.00 bits per heavy atom. The van der Waals surface area contributed by atoms with Crippen LogP contribution in [0, 0.1) is 11.7 Å². The number of ether oxygens (including phenoxy) is 2. The van der Waals surface area contributed by atoms with Gasteiger partial charge in [0.2, 0.25) is 5.91 Å². The smallest absolute Gasteiger partial charge is 0.338 e. The number of nitrogens with zero attached hydrogens (tertiary/aromatic N) is 1. The Balaban J connectivity index is 1.53. The molecule has 3 rings (SSSR count). The Hall–Kier alpha value is -3.55. The van der Waals surface area contributed by atoms with Gasteiger partial charge >= 0.3 is 11.9 Å². The minimum Gasteiger partial charge on any atom is -0.462 e. The molecule has 0 spiro atoms. The van der Waals surface area contributed by atoms with Crippen LogP contribution in [0.1, 0.15) is 46.9 Å². The Morgan fingerprint density at radius 3 is 2.31 bits per heavy atom. The molecule has 2 aromatic rings. The quantitative estimate of drug-likeness (QED) is 0.336. The summed E-state index contributed by atoms with van der Waals surface area (Å²) in [6.07, 6.45) is 1.68. The number of Topliss-reactive ketones (excluding diaryl/α,β-unsaturated/α-hetero) is 1. The zero-order valence-electron chi connectivity index (χ0n) is 17.7. The number of carbonyl (C=O) groups excluding carboxylic acids is 4. The fraction of sp³-hybridized carbons (Fsp3) is 0.333. The van der Waals surface area contributed by atoms with E-state index in [2.05, 4.69) is 0 Å². The Bertz CT molecular complexity index is 987. The van der Waals surface area contributed by atoms with Crippen LogP contribution in [0.2, 0.25) is 0 Å². The Labute approximate surface area is 185 Å². The first kappa shape index (κ1) is 23.1. The number of benzene rings is 2. The van der Waals surface area contributed by atoms with E-state index >= 15 is 0 Å². The summed E-state index contributed by atoms with van der Waals surface area (Å²) in [6, 6.07) is 11.3. The van der Waals surface area contributed by atoms with E-state index in [0.29, 0.717) is 17.9 Å². The lowest BCUT2D eigenvalue weighted by atomic mass is 10.1. The van der Waals surface area contributed by atoms with Gasteiger partial charge in [0.1, 0.15) is 5.82 Å². The van der Waals surface area contributed by atoms with Crippen LogP contribution in [-0.2, 0) is 19.1 Å². The molecule has 2 aromatic carbocycles. The van der Waals surface area contributed by atoms with Gasteiger partial charge in [-0.05, 0) is 55.0 Å². The van der Waals surface area contributed by atoms with Crippen LogP contribution in [0.4, 0.5) is 10.1 Å². The average Bonchev–Trinajstić information content (AvgIpc) is 3.19. The van der Waals surface area contributed by atoms with E-state index in [4.69, 9.17) is 9.47 Å². The van der Waals surface area contributed by atoms with E-state index in [0.717, 1.165) is 25.0 Å². The third kappa shape index (κ3) is 5.78. The summed E-state index contributed by atoms with van der Waals surface area (Å²) >= 11 is 0. The summed E-state index contributed by atoms with van der Waals surface area (Å²) in [7, 11) is 0. The van der Waals surface area contributed by atoms with Crippen molar-refractivity contribution in [3.8, 4) is 0 Å². The van der Waals surface area contributed by atoms with Gasteiger partial charge in [-0.1, -0.05) is 13.3 Å². The lowest BCUT2D eigenvalue weighted by Gasteiger charge is -2.17. The molecular weight excluding hydrogens is 417 g/mol. The highest BCUT2D eigenvalue weighted by molar-refractivity contribution is 6.01. The summed E-state index contributed by atoms with van der Waals surface area (Å²) in [4.78, 5) is 50.3. The average molecular weight is 441 g/mol. The number of rotatable bonds is 9. The number of esters is 2. The van der Waals surface area contributed by atoms with Crippen molar-refractivity contribution in [3.63, 3.8) is 0 Å². The molecule has 1 heterocycles. The van der Waals surface area contributed by atoms with Crippen molar-refractivity contribution in [2.75, 3.05) is 24.7 Å². The van der Waals surface area contributed by atoms with Crippen LogP contribution >= 0.6 is 0 Å². The maximum absolute atomic E-state index is 13.0. The molecular formula is C24H24FNO6. The first-order valence-corrected chi connectivity index (χ1v) is 10.4. The van der Waals surface area contributed by atoms with Crippen molar-refractivity contribution < 1.29 is 33.0 Å². The lowest BCUT2D eigenvalue weighted by molar-refractivity contribution is -0.147. The van der Waals surface area contributed by atoms with Crippen molar-refractivity contribution in [1.29, 1.82) is 0 Å². The molecule has 1 amide bonds. The number of anilines is 1. The summed E-state index contributed by atoms with van der Waals surface area (Å²) in [6.45, 7) is 1.99. The van der Waals surface area contributed by atoms with Gasteiger partial charge in [-0.3, -0.25) is 14.4 Å². The first-order valence-electron chi connectivity index (χ1n) is 10.4.